The second kappa shape index (κ2) is 15.6. The molecule has 1 amide bonds. The van der Waals surface area contributed by atoms with Crippen molar-refractivity contribution < 1.29 is 14.3 Å². The number of nitrogens with one attached hydrogen (secondary N) is 2. The van der Waals surface area contributed by atoms with E-state index < -0.39 is 11.9 Å². The number of benzene rings is 1. The van der Waals surface area contributed by atoms with Crippen molar-refractivity contribution in [2.75, 3.05) is 20.2 Å². The fourth-order valence-corrected chi connectivity index (χ4v) is 4.29. The fraction of sp³-hybridized carbons (Fsp3) is 0.219. The lowest BCUT2D eigenvalue weighted by Gasteiger charge is -2.36. The number of carbonyl (C=O) groups excluding carboxylic acids is 2. The van der Waals surface area contributed by atoms with E-state index in [9.17, 15) is 9.59 Å². The summed E-state index contributed by atoms with van der Waals surface area (Å²) in [6.45, 7) is 17.5. The van der Waals surface area contributed by atoms with E-state index >= 15 is 0 Å². The number of hydrogen-bond donors (Lipinski definition) is 2. The van der Waals surface area contributed by atoms with E-state index in [1.165, 1.54) is 4.90 Å². The van der Waals surface area contributed by atoms with Gasteiger partial charge in [0.15, 0.2) is 0 Å². The molecule has 1 aliphatic rings. The van der Waals surface area contributed by atoms with Crippen molar-refractivity contribution in [3.63, 3.8) is 0 Å². The second-order valence-electron chi connectivity index (χ2n) is 8.40. The lowest BCUT2D eigenvalue weighted by Crippen LogP contribution is -2.42. The highest BCUT2D eigenvalue weighted by atomic mass is 16.5. The number of amides is 1. The van der Waals surface area contributed by atoms with Gasteiger partial charge in [-0.25, -0.2) is 4.79 Å². The Balaban J connectivity index is 2.95. The molecule has 204 valence electrons. The van der Waals surface area contributed by atoms with Crippen LogP contribution in [0.3, 0.4) is 0 Å². The van der Waals surface area contributed by atoms with Gasteiger partial charge in [0.05, 0.1) is 18.1 Å². The maximum atomic E-state index is 13.4. The molecule has 0 radical (unpaired) electrons. The summed E-state index contributed by atoms with van der Waals surface area (Å²) in [6, 6.07) is 9.61. The summed E-state index contributed by atoms with van der Waals surface area (Å²) in [5.41, 5.74) is 3.91. The zero-order valence-electron chi connectivity index (χ0n) is 23.2. The number of esters is 1. The molecular weight excluding hydrogens is 488 g/mol. The number of amidine groups is 1. The average molecular weight is 527 g/mol. The average Bonchev–Trinajstić information content (AvgIpc) is 2.94. The first-order valence-electron chi connectivity index (χ1n) is 12.7. The van der Waals surface area contributed by atoms with E-state index in [1.54, 1.807) is 51.3 Å². The lowest BCUT2D eigenvalue weighted by atomic mass is 9.80. The Bertz CT molecular complexity index is 1260. The minimum atomic E-state index is -0.596. The van der Waals surface area contributed by atoms with Gasteiger partial charge in [-0.1, -0.05) is 80.4 Å². The SMILES string of the molecule is C=C/C=C(\C=C)CNC(=NC)C1=C(N(C=O)C(/C=C\C)=C/C=C)NC(C)=C(C(=O)OCC)C1c1ccccc1. The van der Waals surface area contributed by atoms with Gasteiger partial charge < -0.3 is 15.4 Å². The highest BCUT2D eigenvalue weighted by Gasteiger charge is 2.39. The van der Waals surface area contributed by atoms with Crippen molar-refractivity contribution in [3.8, 4) is 0 Å². The van der Waals surface area contributed by atoms with Crippen LogP contribution < -0.4 is 10.6 Å². The molecule has 39 heavy (non-hydrogen) atoms. The molecule has 0 saturated heterocycles. The van der Waals surface area contributed by atoms with E-state index in [-0.39, 0.29) is 6.61 Å². The summed E-state index contributed by atoms with van der Waals surface area (Å²) < 4.78 is 5.49. The summed E-state index contributed by atoms with van der Waals surface area (Å²) in [5, 5.41) is 6.70. The van der Waals surface area contributed by atoms with Gasteiger partial charge in [-0.05, 0) is 44.1 Å². The zero-order chi connectivity index (χ0) is 28.8. The molecule has 0 spiro atoms. The van der Waals surface area contributed by atoms with Gasteiger partial charge in [0, 0.05) is 30.6 Å². The van der Waals surface area contributed by atoms with Crippen LogP contribution in [-0.4, -0.2) is 43.3 Å². The monoisotopic (exact) mass is 526 g/mol. The molecule has 1 atom stereocenters. The summed E-state index contributed by atoms with van der Waals surface area (Å²) in [6.07, 6.45) is 13.0. The van der Waals surface area contributed by atoms with Crippen molar-refractivity contribution >= 4 is 18.2 Å². The van der Waals surface area contributed by atoms with E-state index in [0.717, 1.165) is 17.5 Å². The smallest absolute Gasteiger partial charge is 0.336 e. The number of dihydropyridines is 1. The number of carbonyl (C=O) groups is 2. The minimum Gasteiger partial charge on any atom is -0.463 e. The quantitative estimate of drug-likeness (QED) is 0.118. The fourth-order valence-electron chi connectivity index (χ4n) is 4.29. The molecule has 1 aromatic rings. The van der Waals surface area contributed by atoms with Crippen LogP contribution in [0.5, 0.6) is 0 Å². The predicted octanol–water partition coefficient (Wildman–Crippen LogP) is 5.44. The molecular formula is C32H38N4O3. The number of aliphatic imine (C=N–C) groups is 1. The van der Waals surface area contributed by atoms with Crippen LogP contribution in [0, 0.1) is 0 Å². The van der Waals surface area contributed by atoms with Gasteiger partial charge in [0.2, 0.25) is 6.41 Å². The van der Waals surface area contributed by atoms with E-state index in [0.29, 0.717) is 40.7 Å². The normalized spacial score (nSPS) is 16.5. The molecule has 7 heteroatoms. The molecule has 0 bridgehead atoms. The molecule has 1 unspecified atom stereocenters. The first kappa shape index (κ1) is 30.6. The molecule has 7 nitrogen and oxygen atoms in total. The van der Waals surface area contributed by atoms with Gasteiger partial charge in [0.25, 0.3) is 0 Å². The van der Waals surface area contributed by atoms with E-state index in [1.807, 2.05) is 49.4 Å². The number of ether oxygens (including phenoxy) is 1. The van der Waals surface area contributed by atoms with Crippen LogP contribution in [0.4, 0.5) is 0 Å². The minimum absolute atomic E-state index is 0.221. The molecule has 2 rings (SSSR count). The Morgan fingerprint density at radius 3 is 2.38 bits per heavy atom. The van der Waals surface area contributed by atoms with Gasteiger partial charge in [0.1, 0.15) is 11.7 Å². The summed E-state index contributed by atoms with van der Waals surface area (Å²) in [7, 11) is 1.66. The Hall–Kier alpha value is -4.65. The van der Waals surface area contributed by atoms with Crippen LogP contribution in [0.2, 0.25) is 0 Å². The zero-order valence-corrected chi connectivity index (χ0v) is 23.2. The molecule has 0 saturated carbocycles. The number of rotatable bonds is 13. The predicted molar refractivity (Wildman–Crippen MR) is 160 cm³/mol. The maximum absolute atomic E-state index is 13.4. The number of hydrogen-bond acceptors (Lipinski definition) is 5. The molecule has 1 aliphatic heterocycles. The van der Waals surface area contributed by atoms with Crippen molar-refractivity contribution in [2.45, 2.75) is 26.7 Å². The topological polar surface area (TPSA) is 83.0 Å². The second-order valence-corrected chi connectivity index (χ2v) is 8.40. The first-order chi connectivity index (χ1) is 18.9. The first-order valence-corrected chi connectivity index (χ1v) is 12.7. The standard InChI is InChI=1S/C32H38N4O3/c1-8-16-24(11-4)21-34-30(33-7)29-28(25-19-14-13-15-20-25)27(32(38)39-12-5)23(6)35-31(29)36(22-37)26(17-9-2)18-10-3/h8-11,13-20,22,28,35H,1-2,4,12,21H2,3,5-7H3,(H,33,34)/b18-10-,24-16+,26-17+. The van der Waals surface area contributed by atoms with Crippen LogP contribution >= 0.6 is 0 Å². The van der Waals surface area contributed by atoms with Crippen molar-refractivity contribution in [1.82, 2.24) is 15.5 Å². The van der Waals surface area contributed by atoms with E-state index in [4.69, 9.17) is 4.74 Å². The Morgan fingerprint density at radius 1 is 1.15 bits per heavy atom. The molecule has 0 aromatic heterocycles. The lowest BCUT2D eigenvalue weighted by molar-refractivity contribution is -0.138. The Labute approximate surface area is 232 Å². The van der Waals surface area contributed by atoms with Crippen LogP contribution in [-0.2, 0) is 14.3 Å². The van der Waals surface area contributed by atoms with Crippen molar-refractivity contribution in [3.05, 3.63) is 132 Å². The maximum Gasteiger partial charge on any atom is 0.336 e. The summed E-state index contributed by atoms with van der Waals surface area (Å²) in [5.74, 6) is -0.102. The third-order valence-corrected chi connectivity index (χ3v) is 5.95. The van der Waals surface area contributed by atoms with E-state index in [2.05, 4.69) is 35.4 Å². The molecule has 1 heterocycles. The van der Waals surface area contributed by atoms with Gasteiger partial charge in [-0.3, -0.25) is 14.7 Å². The van der Waals surface area contributed by atoms with Crippen LogP contribution in [0.25, 0.3) is 0 Å². The van der Waals surface area contributed by atoms with Crippen LogP contribution in [0.15, 0.2) is 132 Å². The Kier molecular flexibility index (Phi) is 12.2. The molecule has 1 aromatic carbocycles. The van der Waals surface area contributed by atoms with Gasteiger partial charge in [-0.2, -0.15) is 0 Å². The van der Waals surface area contributed by atoms with Crippen molar-refractivity contribution in [1.29, 1.82) is 0 Å². The van der Waals surface area contributed by atoms with Gasteiger partial charge >= 0.3 is 5.97 Å². The number of nitrogens with zero attached hydrogens (tertiary/aromatic N) is 2. The summed E-state index contributed by atoms with van der Waals surface area (Å²) >= 11 is 0. The summed E-state index contributed by atoms with van der Waals surface area (Å²) in [4.78, 5) is 32.1. The highest BCUT2D eigenvalue weighted by Crippen LogP contribution is 2.40. The third kappa shape index (κ3) is 7.45. The van der Waals surface area contributed by atoms with Gasteiger partial charge in [-0.15, -0.1) is 0 Å². The van der Waals surface area contributed by atoms with Crippen LogP contribution in [0.1, 0.15) is 32.3 Å². The number of allylic oxidation sites excluding steroid dienone is 7. The Morgan fingerprint density at radius 2 is 1.85 bits per heavy atom. The third-order valence-electron chi connectivity index (χ3n) is 5.95. The molecule has 0 fully saturated rings. The van der Waals surface area contributed by atoms with Crippen molar-refractivity contribution in [2.24, 2.45) is 4.99 Å². The largest absolute Gasteiger partial charge is 0.463 e. The highest BCUT2D eigenvalue weighted by molar-refractivity contribution is 6.05. The molecule has 0 aliphatic carbocycles. The molecule has 2 N–H and O–H groups in total.